The summed E-state index contributed by atoms with van der Waals surface area (Å²) >= 11 is 1.11. The number of carbonyl (C=O) groups excluding carboxylic acids is 1. The van der Waals surface area contributed by atoms with Gasteiger partial charge in [-0.1, -0.05) is 0 Å². The number of carbonyl (C=O) groups is 1. The van der Waals surface area contributed by atoms with Gasteiger partial charge < -0.3 is 4.74 Å². The second-order valence-corrected chi connectivity index (χ2v) is 3.09. The molecule has 0 aliphatic heterocycles. The molecule has 1 aromatic heterocycles. The van der Waals surface area contributed by atoms with Crippen LogP contribution in [0.3, 0.4) is 0 Å². The van der Waals surface area contributed by atoms with E-state index in [9.17, 15) is 13.6 Å². The molecule has 0 unspecified atom stereocenters. The molecule has 2 nitrogen and oxygen atoms in total. The van der Waals surface area contributed by atoms with Crippen molar-refractivity contribution in [3.63, 3.8) is 0 Å². The standard InChI is InChI=1S/C8H8F2O2S/c1-2-12-7(11)8(9,10)6-3-4-13-5-6/h3-5H,2H2,1H3. The van der Waals surface area contributed by atoms with Gasteiger partial charge in [-0.3, -0.25) is 0 Å². The van der Waals surface area contributed by atoms with E-state index < -0.39 is 11.9 Å². The number of ether oxygens (including phenoxy) is 1. The molecular formula is C8H8F2O2S. The average Bonchev–Trinajstić information content (AvgIpc) is 2.56. The number of alkyl halides is 2. The van der Waals surface area contributed by atoms with Crippen molar-refractivity contribution >= 4 is 17.3 Å². The highest BCUT2D eigenvalue weighted by Gasteiger charge is 2.42. The van der Waals surface area contributed by atoms with Gasteiger partial charge in [0.1, 0.15) is 0 Å². The zero-order valence-corrected chi connectivity index (χ0v) is 7.74. The van der Waals surface area contributed by atoms with E-state index in [2.05, 4.69) is 4.74 Å². The van der Waals surface area contributed by atoms with Crippen LogP contribution in [0.15, 0.2) is 16.8 Å². The van der Waals surface area contributed by atoms with Gasteiger partial charge in [0.05, 0.1) is 6.61 Å². The van der Waals surface area contributed by atoms with E-state index in [0.717, 1.165) is 11.3 Å². The van der Waals surface area contributed by atoms with Crippen LogP contribution in [0.25, 0.3) is 0 Å². The SMILES string of the molecule is CCOC(=O)C(F)(F)c1ccsc1. The van der Waals surface area contributed by atoms with Crippen LogP contribution in [0.5, 0.6) is 0 Å². The van der Waals surface area contributed by atoms with Crippen molar-refractivity contribution in [2.24, 2.45) is 0 Å². The fourth-order valence-electron chi connectivity index (χ4n) is 0.783. The van der Waals surface area contributed by atoms with Crippen LogP contribution in [-0.2, 0) is 15.5 Å². The van der Waals surface area contributed by atoms with Gasteiger partial charge >= 0.3 is 11.9 Å². The van der Waals surface area contributed by atoms with E-state index in [1.165, 1.54) is 23.8 Å². The summed E-state index contributed by atoms with van der Waals surface area (Å²) in [5.41, 5.74) is -0.309. The first-order valence-corrected chi connectivity index (χ1v) is 4.61. The van der Waals surface area contributed by atoms with Crippen molar-refractivity contribution in [1.82, 2.24) is 0 Å². The van der Waals surface area contributed by atoms with Gasteiger partial charge in [-0.25, -0.2) is 4.79 Å². The van der Waals surface area contributed by atoms with Crippen molar-refractivity contribution in [2.45, 2.75) is 12.8 Å². The molecule has 0 aliphatic carbocycles. The summed E-state index contributed by atoms with van der Waals surface area (Å²) in [5, 5.41) is 2.72. The molecule has 0 aromatic carbocycles. The van der Waals surface area contributed by atoms with Crippen molar-refractivity contribution < 1.29 is 18.3 Å². The Kier molecular flexibility index (Phi) is 2.98. The Labute approximate surface area is 78.1 Å². The molecule has 0 amide bonds. The van der Waals surface area contributed by atoms with E-state index in [1.54, 1.807) is 0 Å². The highest BCUT2D eigenvalue weighted by Crippen LogP contribution is 2.30. The molecule has 1 rings (SSSR count). The van der Waals surface area contributed by atoms with Crippen LogP contribution in [-0.4, -0.2) is 12.6 Å². The molecule has 0 atom stereocenters. The second-order valence-electron chi connectivity index (χ2n) is 2.31. The molecule has 0 fully saturated rings. The molecule has 0 saturated heterocycles. The van der Waals surface area contributed by atoms with Crippen molar-refractivity contribution in [1.29, 1.82) is 0 Å². The first kappa shape index (κ1) is 10.1. The normalized spacial score (nSPS) is 11.3. The number of esters is 1. The van der Waals surface area contributed by atoms with Crippen molar-refractivity contribution in [2.75, 3.05) is 6.61 Å². The maximum atomic E-state index is 13.1. The third-order valence-electron chi connectivity index (χ3n) is 1.42. The summed E-state index contributed by atoms with van der Waals surface area (Å²) in [6.07, 6.45) is 0. The Hall–Kier alpha value is -0.970. The first-order chi connectivity index (χ1) is 6.09. The van der Waals surface area contributed by atoms with Gasteiger partial charge in [0, 0.05) is 10.9 Å². The molecule has 0 bridgehead atoms. The number of rotatable bonds is 3. The third kappa shape index (κ3) is 2.03. The molecule has 0 saturated carbocycles. The largest absolute Gasteiger partial charge is 0.461 e. The molecule has 72 valence electrons. The summed E-state index contributed by atoms with van der Waals surface area (Å²) < 4.78 is 30.5. The van der Waals surface area contributed by atoms with Crippen LogP contribution < -0.4 is 0 Å². The van der Waals surface area contributed by atoms with Gasteiger partial charge in [0.15, 0.2) is 0 Å². The van der Waals surface area contributed by atoms with Crippen LogP contribution in [0.1, 0.15) is 12.5 Å². The van der Waals surface area contributed by atoms with Gasteiger partial charge in [-0.2, -0.15) is 20.1 Å². The van der Waals surface area contributed by atoms with E-state index in [4.69, 9.17) is 0 Å². The van der Waals surface area contributed by atoms with Crippen LogP contribution in [0.4, 0.5) is 8.78 Å². The van der Waals surface area contributed by atoms with Crippen molar-refractivity contribution in [3.05, 3.63) is 22.4 Å². The Bertz CT molecular complexity index is 282. The Morgan fingerprint density at radius 1 is 1.69 bits per heavy atom. The third-order valence-corrected chi connectivity index (χ3v) is 2.10. The fraction of sp³-hybridized carbons (Fsp3) is 0.375. The van der Waals surface area contributed by atoms with Crippen molar-refractivity contribution in [3.8, 4) is 0 Å². The van der Waals surface area contributed by atoms with E-state index in [-0.39, 0.29) is 12.2 Å². The molecule has 1 heterocycles. The van der Waals surface area contributed by atoms with Gasteiger partial charge in [-0.15, -0.1) is 0 Å². The molecule has 0 N–H and O–H groups in total. The van der Waals surface area contributed by atoms with Gasteiger partial charge in [0.25, 0.3) is 0 Å². The zero-order chi connectivity index (χ0) is 9.90. The average molecular weight is 206 g/mol. The summed E-state index contributed by atoms with van der Waals surface area (Å²) in [5.74, 6) is -5.01. The second kappa shape index (κ2) is 3.83. The lowest BCUT2D eigenvalue weighted by Crippen LogP contribution is -2.27. The maximum absolute atomic E-state index is 13.1. The summed E-state index contributed by atoms with van der Waals surface area (Å²) in [4.78, 5) is 10.8. The number of hydrogen-bond donors (Lipinski definition) is 0. The lowest BCUT2D eigenvalue weighted by molar-refractivity contribution is -0.173. The first-order valence-electron chi connectivity index (χ1n) is 3.66. The fourth-order valence-corrected chi connectivity index (χ4v) is 1.46. The molecule has 0 radical (unpaired) electrons. The predicted octanol–water partition coefficient (Wildman–Crippen LogP) is 2.40. The summed E-state index contributed by atoms with van der Waals surface area (Å²) in [6.45, 7) is 1.44. The van der Waals surface area contributed by atoms with E-state index in [0.29, 0.717) is 0 Å². The molecule has 5 heteroatoms. The van der Waals surface area contributed by atoms with Crippen LogP contribution in [0.2, 0.25) is 0 Å². The molecule has 1 aromatic rings. The highest BCUT2D eigenvalue weighted by molar-refractivity contribution is 7.08. The molecule has 0 spiro atoms. The minimum atomic E-state index is -3.52. The molecule has 0 aliphatic rings. The topological polar surface area (TPSA) is 26.3 Å². The Morgan fingerprint density at radius 3 is 2.85 bits per heavy atom. The molecular weight excluding hydrogens is 198 g/mol. The zero-order valence-electron chi connectivity index (χ0n) is 6.92. The van der Waals surface area contributed by atoms with Gasteiger partial charge in [0.2, 0.25) is 0 Å². The monoisotopic (exact) mass is 206 g/mol. The number of halogens is 2. The van der Waals surface area contributed by atoms with Gasteiger partial charge in [-0.05, 0) is 18.4 Å². The summed E-state index contributed by atoms with van der Waals surface area (Å²) in [7, 11) is 0. The Morgan fingerprint density at radius 2 is 2.38 bits per heavy atom. The maximum Gasteiger partial charge on any atom is 0.382 e. The van der Waals surface area contributed by atoms with Crippen LogP contribution >= 0.6 is 11.3 Å². The number of hydrogen-bond acceptors (Lipinski definition) is 3. The predicted molar refractivity (Wildman–Crippen MR) is 44.8 cm³/mol. The highest BCUT2D eigenvalue weighted by atomic mass is 32.1. The number of thiophene rings is 1. The minimum Gasteiger partial charge on any atom is -0.461 e. The quantitative estimate of drug-likeness (QED) is 0.710. The lowest BCUT2D eigenvalue weighted by Gasteiger charge is -2.12. The minimum absolute atomic E-state index is 0.0431. The molecule has 13 heavy (non-hydrogen) atoms. The lowest BCUT2D eigenvalue weighted by atomic mass is 10.2. The van der Waals surface area contributed by atoms with Crippen LogP contribution in [0, 0.1) is 0 Å². The smallest absolute Gasteiger partial charge is 0.382 e. The van der Waals surface area contributed by atoms with E-state index >= 15 is 0 Å². The summed E-state index contributed by atoms with van der Waals surface area (Å²) in [6, 6.07) is 1.21. The van der Waals surface area contributed by atoms with E-state index in [1.807, 2.05) is 0 Å². The Balaban J connectivity index is 2.82.